The van der Waals surface area contributed by atoms with Gasteiger partial charge in [-0.25, -0.2) is 9.37 Å². The van der Waals surface area contributed by atoms with E-state index >= 15 is 0 Å². The summed E-state index contributed by atoms with van der Waals surface area (Å²) >= 11 is 0. The summed E-state index contributed by atoms with van der Waals surface area (Å²) in [6.07, 6.45) is 1.89. The molecule has 0 saturated carbocycles. The molecule has 1 N–H and O–H groups in total. The van der Waals surface area contributed by atoms with Gasteiger partial charge >= 0.3 is 0 Å². The third kappa shape index (κ3) is 5.32. The summed E-state index contributed by atoms with van der Waals surface area (Å²) < 4.78 is 19.7. The van der Waals surface area contributed by atoms with Crippen LogP contribution < -0.4 is 5.32 Å². The minimum atomic E-state index is -1.27. The lowest BCUT2D eigenvalue weighted by Gasteiger charge is -2.26. The van der Waals surface area contributed by atoms with E-state index in [4.69, 9.17) is 4.42 Å². The Kier molecular flexibility index (Phi) is 7.05. The molecule has 1 aromatic carbocycles. The minimum Gasteiger partial charge on any atom is -0.445 e. The molecular formula is C26H29FN4O3. The molecule has 1 aliphatic heterocycles. The predicted molar refractivity (Wildman–Crippen MR) is 125 cm³/mol. The Bertz CT molecular complexity index is 1130. The number of carbonyl (C=O) groups excluding carboxylic acids is 2. The number of carbonyl (C=O) groups is 2. The molecule has 7 nitrogen and oxygen atoms in total. The number of benzene rings is 1. The third-order valence-corrected chi connectivity index (χ3v) is 6.04. The zero-order valence-corrected chi connectivity index (χ0v) is 19.6. The van der Waals surface area contributed by atoms with Crippen molar-refractivity contribution in [1.82, 2.24) is 20.2 Å². The summed E-state index contributed by atoms with van der Waals surface area (Å²) in [5, 5.41) is 3.01. The summed E-state index contributed by atoms with van der Waals surface area (Å²) in [7, 11) is 0. The monoisotopic (exact) mass is 464 g/mol. The summed E-state index contributed by atoms with van der Waals surface area (Å²) in [4.78, 5) is 36.2. The number of amides is 2. The first-order valence-electron chi connectivity index (χ1n) is 11.5. The normalized spacial score (nSPS) is 18.8. The highest BCUT2D eigenvalue weighted by Crippen LogP contribution is 2.26. The Labute approximate surface area is 198 Å². The van der Waals surface area contributed by atoms with Gasteiger partial charge in [-0.2, -0.15) is 0 Å². The van der Waals surface area contributed by atoms with Crippen LogP contribution in [0.3, 0.4) is 0 Å². The molecule has 2 amide bonds. The Balaban J connectivity index is 1.55. The first-order valence-corrected chi connectivity index (χ1v) is 11.5. The Morgan fingerprint density at radius 2 is 1.88 bits per heavy atom. The molecule has 34 heavy (non-hydrogen) atoms. The molecule has 0 radical (unpaired) electrons. The highest BCUT2D eigenvalue weighted by atomic mass is 19.1. The lowest BCUT2D eigenvalue weighted by Crippen LogP contribution is -2.47. The zero-order chi connectivity index (χ0) is 24.2. The SMILES string of the molecule is Cc1cnc(CC(=O)N2C[C@H](F)C[C@H]2C(=O)N[C@@H](c2ccccc2)c2ccc(C(C)C)cn2)o1. The lowest BCUT2D eigenvalue weighted by atomic mass is 10.00. The second kappa shape index (κ2) is 10.2. The minimum absolute atomic E-state index is 0.0522. The van der Waals surface area contributed by atoms with Crippen molar-refractivity contribution in [3.05, 3.63) is 83.3 Å². The van der Waals surface area contributed by atoms with Crippen molar-refractivity contribution in [3.63, 3.8) is 0 Å². The predicted octanol–water partition coefficient (Wildman–Crippen LogP) is 3.89. The molecule has 1 saturated heterocycles. The van der Waals surface area contributed by atoms with Gasteiger partial charge in [-0.3, -0.25) is 14.6 Å². The fraction of sp³-hybridized carbons (Fsp3) is 0.385. The van der Waals surface area contributed by atoms with Crippen LogP contribution in [0.2, 0.25) is 0 Å². The first kappa shape index (κ1) is 23.6. The number of likely N-dealkylation sites (tertiary alicyclic amines) is 1. The smallest absolute Gasteiger partial charge is 0.243 e. The van der Waals surface area contributed by atoms with Crippen LogP contribution in [0.1, 0.15) is 60.7 Å². The third-order valence-electron chi connectivity index (χ3n) is 6.04. The van der Waals surface area contributed by atoms with Gasteiger partial charge in [0, 0.05) is 12.6 Å². The van der Waals surface area contributed by atoms with Gasteiger partial charge in [0.25, 0.3) is 0 Å². The maximum atomic E-state index is 14.4. The quantitative estimate of drug-likeness (QED) is 0.573. The number of hydrogen-bond donors (Lipinski definition) is 1. The molecule has 1 fully saturated rings. The van der Waals surface area contributed by atoms with Gasteiger partial charge in [-0.1, -0.05) is 50.2 Å². The van der Waals surface area contributed by atoms with Crippen LogP contribution in [0, 0.1) is 6.92 Å². The van der Waals surface area contributed by atoms with Crippen LogP contribution >= 0.6 is 0 Å². The topological polar surface area (TPSA) is 88.3 Å². The second-order valence-corrected chi connectivity index (χ2v) is 8.96. The molecule has 3 heterocycles. The number of pyridine rings is 1. The maximum absolute atomic E-state index is 14.4. The van der Waals surface area contributed by atoms with Gasteiger partial charge in [-0.05, 0) is 30.0 Å². The number of alkyl halides is 1. The highest BCUT2D eigenvalue weighted by molar-refractivity contribution is 5.89. The second-order valence-electron chi connectivity index (χ2n) is 8.96. The number of oxazole rings is 1. The van der Waals surface area contributed by atoms with Crippen LogP contribution in [0.5, 0.6) is 0 Å². The average molecular weight is 465 g/mol. The van der Waals surface area contributed by atoms with Crippen LogP contribution in [0.4, 0.5) is 4.39 Å². The fourth-order valence-electron chi connectivity index (χ4n) is 4.16. The first-order chi connectivity index (χ1) is 16.3. The molecule has 1 aliphatic rings. The number of nitrogens with one attached hydrogen (secondary N) is 1. The molecule has 178 valence electrons. The molecule has 3 aromatic rings. The summed E-state index contributed by atoms with van der Waals surface area (Å²) in [6, 6.07) is 11.9. The van der Waals surface area contributed by atoms with Crippen LogP contribution in [-0.4, -0.2) is 45.4 Å². The van der Waals surface area contributed by atoms with Gasteiger partial charge < -0.3 is 14.6 Å². The van der Waals surface area contributed by atoms with E-state index in [1.807, 2.05) is 48.7 Å². The lowest BCUT2D eigenvalue weighted by molar-refractivity contribution is -0.138. The van der Waals surface area contributed by atoms with Crippen LogP contribution in [0.15, 0.2) is 59.3 Å². The number of rotatable bonds is 7. The highest BCUT2D eigenvalue weighted by Gasteiger charge is 2.40. The van der Waals surface area contributed by atoms with Crippen molar-refractivity contribution in [2.45, 2.75) is 57.8 Å². The molecule has 0 aliphatic carbocycles. The standard InChI is InChI=1S/C26H29FN4O3/c1-16(2)19-9-10-21(28-14-19)25(18-7-5-4-6-8-18)30-26(33)22-11-20(27)15-31(22)24(32)12-23-29-13-17(3)34-23/h4-10,13-14,16,20,22,25H,11-12,15H2,1-3H3,(H,30,33)/t20-,22+,25+/m1/s1. The van der Waals surface area contributed by atoms with Crippen molar-refractivity contribution in [3.8, 4) is 0 Å². The molecule has 2 aromatic heterocycles. The summed E-state index contributed by atoms with van der Waals surface area (Å²) in [6.45, 7) is 5.78. The zero-order valence-electron chi connectivity index (χ0n) is 19.6. The van der Waals surface area contributed by atoms with Crippen LogP contribution in [0.25, 0.3) is 0 Å². The van der Waals surface area contributed by atoms with E-state index in [1.54, 1.807) is 6.92 Å². The van der Waals surface area contributed by atoms with E-state index < -0.39 is 30.1 Å². The van der Waals surface area contributed by atoms with Gasteiger partial charge in [0.2, 0.25) is 17.7 Å². The Morgan fingerprint density at radius 1 is 1.12 bits per heavy atom. The Hall–Kier alpha value is -3.55. The average Bonchev–Trinajstić information content (AvgIpc) is 3.43. The van der Waals surface area contributed by atoms with E-state index in [0.717, 1.165) is 11.1 Å². The molecule has 0 unspecified atom stereocenters. The van der Waals surface area contributed by atoms with Crippen LogP contribution in [-0.2, 0) is 16.0 Å². The Morgan fingerprint density at radius 3 is 2.50 bits per heavy atom. The molecule has 0 spiro atoms. The van der Waals surface area contributed by atoms with Gasteiger partial charge in [0.15, 0.2) is 0 Å². The van der Waals surface area contributed by atoms with E-state index in [2.05, 4.69) is 29.1 Å². The number of nitrogens with zero attached hydrogens (tertiary/aromatic N) is 3. The fourth-order valence-corrected chi connectivity index (χ4v) is 4.16. The van der Waals surface area contributed by atoms with Crippen molar-refractivity contribution in [2.24, 2.45) is 0 Å². The molecular weight excluding hydrogens is 435 g/mol. The molecule has 4 rings (SSSR count). The van der Waals surface area contributed by atoms with E-state index in [-0.39, 0.29) is 25.3 Å². The number of aryl methyl sites for hydroxylation is 1. The summed E-state index contributed by atoms with van der Waals surface area (Å²) in [5.41, 5.74) is 2.62. The van der Waals surface area contributed by atoms with E-state index in [1.165, 1.54) is 11.1 Å². The number of aromatic nitrogens is 2. The number of hydrogen-bond acceptors (Lipinski definition) is 5. The summed E-state index contributed by atoms with van der Waals surface area (Å²) in [5.74, 6) is 0.362. The van der Waals surface area contributed by atoms with Crippen molar-refractivity contribution in [1.29, 1.82) is 0 Å². The number of halogens is 1. The van der Waals surface area contributed by atoms with Crippen molar-refractivity contribution < 1.29 is 18.4 Å². The van der Waals surface area contributed by atoms with Gasteiger partial charge in [0.05, 0.1) is 24.5 Å². The molecule has 3 atom stereocenters. The van der Waals surface area contributed by atoms with Gasteiger partial charge in [-0.15, -0.1) is 0 Å². The molecule has 0 bridgehead atoms. The molecule has 8 heteroatoms. The van der Waals surface area contributed by atoms with Gasteiger partial charge in [0.1, 0.15) is 24.4 Å². The van der Waals surface area contributed by atoms with Crippen molar-refractivity contribution in [2.75, 3.05) is 6.54 Å². The van der Waals surface area contributed by atoms with E-state index in [0.29, 0.717) is 17.4 Å². The van der Waals surface area contributed by atoms with Crippen molar-refractivity contribution >= 4 is 11.8 Å². The largest absolute Gasteiger partial charge is 0.445 e. The van der Waals surface area contributed by atoms with E-state index in [9.17, 15) is 14.0 Å². The maximum Gasteiger partial charge on any atom is 0.243 e.